The molecular weight excluding hydrogens is 230 g/mol. The van der Waals surface area contributed by atoms with Gasteiger partial charge in [-0.05, 0) is 42.5 Å². The van der Waals surface area contributed by atoms with Gasteiger partial charge in [-0.25, -0.2) is 0 Å². The predicted molar refractivity (Wildman–Crippen MR) is 80.4 cm³/mol. The highest BCUT2D eigenvalue weighted by molar-refractivity contribution is 5.97. The molecule has 2 heterocycles. The van der Waals surface area contributed by atoms with Crippen molar-refractivity contribution in [3.8, 4) is 11.1 Å². The Kier molecular flexibility index (Phi) is 2.28. The van der Waals surface area contributed by atoms with E-state index in [4.69, 9.17) is 0 Å². The van der Waals surface area contributed by atoms with E-state index in [-0.39, 0.29) is 0 Å². The van der Waals surface area contributed by atoms with E-state index in [1.165, 1.54) is 46.0 Å². The van der Waals surface area contributed by atoms with Crippen LogP contribution in [0.1, 0.15) is 17.5 Å². The van der Waals surface area contributed by atoms with E-state index in [9.17, 15) is 0 Å². The normalized spacial score (nSPS) is 13.9. The first kappa shape index (κ1) is 10.9. The van der Waals surface area contributed by atoms with E-state index in [1.54, 1.807) is 0 Å². The van der Waals surface area contributed by atoms with Gasteiger partial charge in [0.05, 0.1) is 5.52 Å². The summed E-state index contributed by atoms with van der Waals surface area (Å²) in [6, 6.07) is 15.7. The Morgan fingerprint density at radius 2 is 1.79 bits per heavy atom. The molecule has 1 aliphatic rings. The molecule has 3 aromatic rings. The number of aromatic nitrogens is 1. The van der Waals surface area contributed by atoms with Crippen molar-refractivity contribution >= 4 is 10.9 Å². The van der Waals surface area contributed by atoms with E-state index in [0.717, 1.165) is 6.54 Å². The highest BCUT2D eigenvalue weighted by Gasteiger charge is 2.15. The molecule has 0 atom stereocenters. The predicted octanol–water partition coefficient (Wildman–Crippen LogP) is 4.56. The van der Waals surface area contributed by atoms with Crippen molar-refractivity contribution in [2.75, 3.05) is 0 Å². The van der Waals surface area contributed by atoms with Crippen molar-refractivity contribution < 1.29 is 0 Å². The van der Waals surface area contributed by atoms with Gasteiger partial charge >= 0.3 is 0 Å². The monoisotopic (exact) mass is 247 g/mol. The van der Waals surface area contributed by atoms with Crippen LogP contribution in [0.2, 0.25) is 0 Å². The lowest BCUT2D eigenvalue weighted by molar-refractivity contribution is 0.636. The van der Waals surface area contributed by atoms with Gasteiger partial charge in [0, 0.05) is 18.1 Å². The summed E-state index contributed by atoms with van der Waals surface area (Å²) in [5.41, 5.74) is 6.95. The van der Waals surface area contributed by atoms with Crippen LogP contribution in [0.5, 0.6) is 0 Å². The lowest BCUT2D eigenvalue weighted by Gasteiger charge is -2.17. The maximum absolute atomic E-state index is 2.41. The summed E-state index contributed by atoms with van der Waals surface area (Å²) in [5.74, 6) is 0. The first-order valence-corrected chi connectivity index (χ1v) is 7.01. The molecule has 0 N–H and O–H groups in total. The van der Waals surface area contributed by atoms with E-state index >= 15 is 0 Å². The van der Waals surface area contributed by atoms with Crippen molar-refractivity contribution in [2.24, 2.45) is 0 Å². The molecule has 94 valence electrons. The van der Waals surface area contributed by atoms with Crippen LogP contribution < -0.4 is 0 Å². The van der Waals surface area contributed by atoms with Crippen molar-refractivity contribution in [3.05, 3.63) is 59.8 Å². The van der Waals surface area contributed by atoms with E-state index in [2.05, 4.69) is 60.2 Å². The molecule has 19 heavy (non-hydrogen) atoms. The molecule has 0 amide bonds. The second kappa shape index (κ2) is 3.99. The van der Waals surface area contributed by atoms with Gasteiger partial charge in [0.25, 0.3) is 0 Å². The molecule has 0 bridgehead atoms. The van der Waals surface area contributed by atoms with Gasteiger partial charge < -0.3 is 4.57 Å². The van der Waals surface area contributed by atoms with Crippen LogP contribution in [0.15, 0.2) is 48.7 Å². The second-order valence-electron chi connectivity index (χ2n) is 5.51. The molecular formula is C18H17N. The topological polar surface area (TPSA) is 4.93 Å². The summed E-state index contributed by atoms with van der Waals surface area (Å²) < 4.78 is 2.41. The lowest BCUT2D eigenvalue weighted by atomic mass is 9.96. The number of benzene rings is 2. The average Bonchev–Trinajstić information content (AvgIpc) is 2.87. The number of hydrogen-bond acceptors (Lipinski definition) is 0. The molecule has 1 nitrogen and oxygen atoms in total. The zero-order chi connectivity index (χ0) is 12.8. The third kappa shape index (κ3) is 1.61. The minimum Gasteiger partial charge on any atom is -0.347 e. The zero-order valence-electron chi connectivity index (χ0n) is 11.2. The number of aryl methyl sites for hydroxylation is 3. The Morgan fingerprint density at radius 3 is 2.63 bits per heavy atom. The highest BCUT2D eigenvalue weighted by atomic mass is 15.0. The smallest absolute Gasteiger partial charge is 0.0519 e. The SMILES string of the molecule is Cc1ccc(-c2ccc3c4c2ccn4CCC3)cc1. The first-order chi connectivity index (χ1) is 9.33. The molecule has 1 aliphatic heterocycles. The fourth-order valence-electron chi connectivity index (χ4n) is 3.21. The molecule has 0 unspecified atom stereocenters. The largest absolute Gasteiger partial charge is 0.347 e. The summed E-state index contributed by atoms with van der Waals surface area (Å²) in [6.45, 7) is 3.30. The first-order valence-electron chi connectivity index (χ1n) is 7.01. The minimum atomic E-state index is 1.16. The maximum atomic E-state index is 2.41. The Labute approximate surface area is 113 Å². The standard InChI is InChI=1S/C18H17N/c1-13-4-6-14(7-5-13)16-9-8-15-3-2-11-19-12-10-17(16)18(15)19/h4-10,12H,2-3,11H2,1H3. The Bertz CT molecular complexity index is 747. The van der Waals surface area contributed by atoms with Crippen molar-refractivity contribution in [2.45, 2.75) is 26.3 Å². The van der Waals surface area contributed by atoms with Crippen molar-refractivity contribution in [3.63, 3.8) is 0 Å². The fourth-order valence-corrected chi connectivity index (χ4v) is 3.21. The van der Waals surface area contributed by atoms with Gasteiger partial charge in [0.15, 0.2) is 0 Å². The molecule has 0 aliphatic carbocycles. The van der Waals surface area contributed by atoms with Crippen molar-refractivity contribution in [1.29, 1.82) is 0 Å². The summed E-state index contributed by atoms with van der Waals surface area (Å²) >= 11 is 0. The Morgan fingerprint density at radius 1 is 0.947 bits per heavy atom. The molecule has 0 radical (unpaired) electrons. The van der Waals surface area contributed by atoms with Gasteiger partial charge in [-0.1, -0.05) is 42.0 Å². The summed E-state index contributed by atoms with van der Waals surface area (Å²) in [4.78, 5) is 0. The Hall–Kier alpha value is -2.02. The van der Waals surface area contributed by atoms with Gasteiger partial charge in [-0.15, -0.1) is 0 Å². The average molecular weight is 247 g/mol. The third-order valence-electron chi connectivity index (χ3n) is 4.22. The van der Waals surface area contributed by atoms with Crippen LogP contribution in [0.4, 0.5) is 0 Å². The molecule has 1 aromatic heterocycles. The molecule has 0 fully saturated rings. The van der Waals surface area contributed by atoms with Crippen molar-refractivity contribution in [1.82, 2.24) is 4.57 Å². The van der Waals surface area contributed by atoms with E-state index in [1.807, 2.05) is 0 Å². The summed E-state index contributed by atoms with van der Waals surface area (Å²) in [5, 5.41) is 1.40. The van der Waals surface area contributed by atoms with Crippen LogP contribution in [0.3, 0.4) is 0 Å². The molecule has 1 heteroatoms. The number of nitrogens with zero attached hydrogens (tertiary/aromatic N) is 1. The Balaban J connectivity index is 1.99. The molecule has 4 rings (SSSR count). The van der Waals surface area contributed by atoms with Crippen LogP contribution in [0, 0.1) is 6.92 Å². The minimum absolute atomic E-state index is 1.16. The van der Waals surface area contributed by atoms with Crippen LogP contribution in [0.25, 0.3) is 22.0 Å². The fraction of sp³-hybridized carbons (Fsp3) is 0.222. The zero-order valence-corrected chi connectivity index (χ0v) is 11.2. The number of hydrogen-bond donors (Lipinski definition) is 0. The number of rotatable bonds is 1. The molecule has 2 aromatic carbocycles. The quantitative estimate of drug-likeness (QED) is 0.594. The van der Waals surface area contributed by atoms with E-state index in [0.29, 0.717) is 0 Å². The maximum Gasteiger partial charge on any atom is 0.0519 e. The summed E-state index contributed by atoms with van der Waals surface area (Å²) in [6.07, 6.45) is 4.72. The van der Waals surface area contributed by atoms with Crippen LogP contribution in [-0.2, 0) is 13.0 Å². The molecule has 0 spiro atoms. The lowest BCUT2D eigenvalue weighted by Crippen LogP contribution is -2.06. The van der Waals surface area contributed by atoms with Gasteiger partial charge in [0.2, 0.25) is 0 Å². The highest BCUT2D eigenvalue weighted by Crippen LogP contribution is 2.34. The van der Waals surface area contributed by atoms with Crippen LogP contribution >= 0.6 is 0 Å². The molecule has 0 saturated heterocycles. The summed E-state index contributed by atoms with van der Waals surface area (Å²) in [7, 11) is 0. The van der Waals surface area contributed by atoms with Gasteiger partial charge in [-0.3, -0.25) is 0 Å². The second-order valence-corrected chi connectivity index (χ2v) is 5.51. The van der Waals surface area contributed by atoms with Gasteiger partial charge in [-0.2, -0.15) is 0 Å². The van der Waals surface area contributed by atoms with Gasteiger partial charge in [0.1, 0.15) is 0 Å². The van der Waals surface area contributed by atoms with E-state index < -0.39 is 0 Å². The molecule has 0 saturated carbocycles. The third-order valence-corrected chi connectivity index (χ3v) is 4.22. The van der Waals surface area contributed by atoms with Crippen LogP contribution in [-0.4, -0.2) is 4.57 Å².